The minimum absolute atomic E-state index is 0.152. The fraction of sp³-hybridized carbons (Fsp3) is 0.900. The molecule has 0 spiro atoms. The standard InChI is InChI=1S/C10H21NO4/c1-10(2,3)15-6-5-14-7-8(11-4)9(12)13/h8,11H,5-7H2,1-4H3,(H,12,13). The zero-order valence-electron chi connectivity index (χ0n) is 9.87. The summed E-state index contributed by atoms with van der Waals surface area (Å²) in [5.74, 6) is -0.908. The highest BCUT2D eigenvalue weighted by Crippen LogP contribution is 2.05. The fourth-order valence-corrected chi connectivity index (χ4v) is 0.886. The molecule has 0 aliphatic rings. The molecule has 0 aliphatic carbocycles. The molecule has 0 saturated carbocycles. The van der Waals surface area contributed by atoms with E-state index in [1.165, 1.54) is 0 Å². The molecule has 15 heavy (non-hydrogen) atoms. The Hall–Kier alpha value is -0.650. The molecule has 5 heteroatoms. The third kappa shape index (κ3) is 8.35. The molecule has 0 bridgehead atoms. The molecular weight excluding hydrogens is 198 g/mol. The second-order valence-corrected chi connectivity index (χ2v) is 4.22. The summed E-state index contributed by atoms with van der Waals surface area (Å²) in [6, 6.07) is -0.653. The highest BCUT2D eigenvalue weighted by atomic mass is 16.5. The summed E-state index contributed by atoms with van der Waals surface area (Å²) < 4.78 is 10.6. The highest BCUT2D eigenvalue weighted by molar-refractivity contribution is 5.73. The van der Waals surface area contributed by atoms with Gasteiger partial charge in [-0.2, -0.15) is 0 Å². The van der Waals surface area contributed by atoms with E-state index >= 15 is 0 Å². The Bertz CT molecular complexity index is 188. The van der Waals surface area contributed by atoms with Crippen molar-refractivity contribution in [2.45, 2.75) is 32.4 Å². The Morgan fingerprint density at radius 3 is 2.40 bits per heavy atom. The quantitative estimate of drug-likeness (QED) is 0.610. The summed E-state index contributed by atoms with van der Waals surface area (Å²) in [6.45, 7) is 6.91. The smallest absolute Gasteiger partial charge is 0.323 e. The summed E-state index contributed by atoms with van der Waals surface area (Å²) in [4.78, 5) is 10.6. The lowest BCUT2D eigenvalue weighted by atomic mass is 10.2. The van der Waals surface area contributed by atoms with Gasteiger partial charge in [0.2, 0.25) is 0 Å². The van der Waals surface area contributed by atoms with Gasteiger partial charge in [0.05, 0.1) is 25.4 Å². The average molecular weight is 219 g/mol. The first kappa shape index (κ1) is 14.3. The van der Waals surface area contributed by atoms with Crippen LogP contribution in [-0.4, -0.2) is 49.6 Å². The van der Waals surface area contributed by atoms with Crippen LogP contribution in [0.2, 0.25) is 0 Å². The molecule has 0 saturated heterocycles. The first-order valence-electron chi connectivity index (χ1n) is 4.98. The van der Waals surface area contributed by atoms with Crippen LogP contribution in [-0.2, 0) is 14.3 Å². The van der Waals surface area contributed by atoms with Crippen molar-refractivity contribution in [3.8, 4) is 0 Å². The predicted octanol–water partition coefficient (Wildman–Crippen LogP) is 0.491. The summed E-state index contributed by atoms with van der Waals surface area (Å²) in [7, 11) is 1.59. The normalized spacial score (nSPS) is 13.9. The van der Waals surface area contributed by atoms with Crippen molar-refractivity contribution in [2.24, 2.45) is 0 Å². The molecule has 1 atom stereocenters. The summed E-state index contributed by atoms with van der Waals surface area (Å²) in [6.07, 6.45) is 0. The molecule has 90 valence electrons. The number of aliphatic carboxylic acids is 1. The van der Waals surface area contributed by atoms with E-state index in [0.717, 1.165) is 0 Å². The van der Waals surface area contributed by atoms with Gasteiger partial charge in [-0.15, -0.1) is 0 Å². The summed E-state index contributed by atoms with van der Waals surface area (Å²) in [5.41, 5.74) is -0.182. The lowest BCUT2D eigenvalue weighted by Crippen LogP contribution is -2.38. The Balaban J connectivity index is 3.49. The zero-order valence-corrected chi connectivity index (χ0v) is 9.87. The number of hydrogen-bond acceptors (Lipinski definition) is 4. The number of hydrogen-bond donors (Lipinski definition) is 2. The molecule has 0 fully saturated rings. The molecule has 0 radical (unpaired) electrons. The van der Waals surface area contributed by atoms with Crippen LogP contribution in [0.25, 0.3) is 0 Å². The molecule has 2 N–H and O–H groups in total. The van der Waals surface area contributed by atoms with Gasteiger partial charge in [0.25, 0.3) is 0 Å². The molecule has 0 aromatic heterocycles. The molecule has 5 nitrogen and oxygen atoms in total. The maximum absolute atomic E-state index is 10.6. The molecule has 0 aromatic rings. The van der Waals surface area contributed by atoms with Crippen molar-refractivity contribution >= 4 is 5.97 Å². The van der Waals surface area contributed by atoms with Crippen LogP contribution in [0.5, 0.6) is 0 Å². The molecular formula is C10H21NO4. The largest absolute Gasteiger partial charge is 0.480 e. The van der Waals surface area contributed by atoms with E-state index in [2.05, 4.69) is 5.32 Å². The van der Waals surface area contributed by atoms with E-state index < -0.39 is 12.0 Å². The highest BCUT2D eigenvalue weighted by Gasteiger charge is 2.14. The third-order valence-corrected chi connectivity index (χ3v) is 1.69. The summed E-state index contributed by atoms with van der Waals surface area (Å²) in [5, 5.41) is 11.3. The Morgan fingerprint density at radius 1 is 1.40 bits per heavy atom. The Morgan fingerprint density at radius 2 is 2.00 bits per heavy atom. The van der Waals surface area contributed by atoms with E-state index in [4.69, 9.17) is 14.6 Å². The number of nitrogens with one attached hydrogen (secondary N) is 1. The number of likely N-dealkylation sites (N-methyl/N-ethyl adjacent to an activating group) is 1. The molecule has 0 aromatic carbocycles. The lowest BCUT2D eigenvalue weighted by molar-refractivity contribution is -0.141. The SMILES string of the molecule is CNC(COCCOC(C)(C)C)C(=O)O. The molecule has 0 rings (SSSR count). The average Bonchev–Trinajstić information content (AvgIpc) is 2.08. The van der Waals surface area contributed by atoms with Crippen molar-refractivity contribution in [3.63, 3.8) is 0 Å². The van der Waals surface area contributed by atoms with Crippen LogP contribution in [0.4, 0.5) is 0 Å². The Labute approximate surface area is 90.8 Å². The van der Waals surface area contributed by atoms with Crippen molar-refractivity contribution in [1.82, 2.24) is 5.32 Å². The van der Waals surface area contributed by atoms with Gasteiger partial charge in [-0.3, -0.25) is 4.79 Å². The number of rotatable bonds is 7. The van der Waals surface area contributed by atoms with Gasteiger partial charge in [0.1, 0.15) is 6.04 Å². The summed E-state index contributed by atoms with van der Waals surface area (Å²) >= 11 is 0. The van der Waals surface area contributed by atoms with Gasteiger partial charge in [0.15, 0.2) is 0 Å². The van der Waals surface area contributed by atoms with Gasteiger partial charge >= 0.3 is 5.97 Å². The van der Waals surface area contributed by atoms with Crippen LogP contribution < -0.4 is 5.32 Å². The van der Waals surface area contributed by atoms with E-state index in [-0.39, 0.29) is 12.2 Å². The monoisotopic (exact) mass is 219 g/mol. The topological polar surface area (TPSA) is 67.8 Å². The maximum Gasteiger partial charge on any atom is 0.323 e. The van der Waals surface area contributed by atoms with Crippen LogP contribution in [0.1, 0.15) is 20.8 Å². The van der Waals surface area contributed by atoms with Crippen LogP contribution >= 0.6 is 0 Å². The van der Waals surface area contributed by atoms with Crippen molar-refractivity contribution in [1.29, 1.82) is 0 Å². The van der Waals surface area contributed by atoms with E-state index in [9.17, 15) is 4.79 Å². The maximum atomic E-state index is 10.6. The lowest BCUT2D eigenvalue weighted by Gasteiger charge is -2.19. The van der Waals surface area contributed by atoms with Crippen molar-refractivity contribution in [2.75, 3.05) is 26.9 Å². The van der Waals surface area contributed by atoms with Gasteiger partial charge in [-0.25, -0.2) is 0 Å². The predicted molar refractivity (Wildman–Crippen MR) is 57.0 cm³/mol. The first-order valence-corrected chi connectivity index (χ1v) is 4.98. The Kier molecular flexibility index (Phi) is 6.47. The van der Waals surface area contributed by atoms with E-state index in [1.54, 1.807) is 7.05 Å². The number of ether oxygens (including phenoxy) is 2. The van der Waals surface area contributed by atoms with E-state index in [1.807, 2.05) is 20.8 Å². The van der Waals surface area contributed by atoms with Crippen molar-refractivity contribution < 1.29 is 19.4 Å². The van der Waals surface area contributed by atoms with Crippen LogP contribution in [0, 0.1) is 0 Å². The van der Waals surface area contributed by atoms with Gasteiger partial charge in [-0.05, 0) is 27.8 Å². The minimum Gasteiger partial charge on any atom is -0.480 e. The number of carboxylic acids is 1. The molecule has 0 aliphatic heterocycles. The third-order valence-electron chi connectivity index (χ3n) is 1.69. The van der Waals surface area contributed by atoms with Gasteiger partial charge in [-0.1, -0.05) is 0 Å². The van der Waals surface area contributed by atoms with E-state index in [0.29, 0.717) is 13.2 Å². The van der Waals surface area contributed by atoms with Crippen LogP contribution in [0.3, 0.4) is 0 Å². The fourth-order valence-electron chi connectivity index (χ4n) is 0.886. The molecule has 1 unspecified atom stereocenters. The van der Waals surface area contributed by atoms with Crippen molar-refractivity contribution in [3.05, 3.63) is 0 Å². The molecule has 0 amide bonds. The molecule has 0 heterocycles. The van der Waals surface area contributed by atoms with Gasteiger partial charge < -0.3 is 19.9 Å². The zero-order chi connectivity index (χ0) is 11.9. The van der Waals surface area contributed by atoms with Gasteiger partial charge in [0, 0.05) is 0 Å². The second kappa shape index (κ2) is 6.76. The minimum atomic E-state index is -0.908. The van der Waals surface area contributed by atoms with Crippen LogP contribution in [0.15, 0.2) is 0 Å². The first-order chi connectivity index (χ1) is 6.87. The number of carboxylic acid groups (broad SMARTS) is 1. The number of carbonyl (C=O) groups is 1. The second-order valence-electron chi connectivity index (χ2n) is 4.22.